The summed E-state index contributed by atoms with van der Waals surface area (Å²) < 4.78 is 5.39. The van der Waals surface area contributed by atoms with Crippen LogP contribution in [0.5, 0.6) is 0 Å². The molecule has 1 saturated heterocycles. The highest BCUT2D eigenvalue weighted by Crippen LogP contribution is 2.17. The molecule has 1 fully saturated rings. The van der Waals surface area contributed by atoms with Crippen molar-refractivity contribution in [2.24, 2.45) is 0 Å². The highest BCUT2D eigenvalue weighted by Gasteiger charge is 2.33. The number of rotatable bonds is 1. The van der Waals surface area contributed by atoms with Crippen molar-refractivity contribution < 1.29 is 14.3 Å². The van der Waals surface area contributed by atoms with E-state index in [0.29, 0.717) is 19.6 Å². The molecule has 126 valence electrons. The Hall–Kier alpha value is -1.89. The van der Waals surface area contributed by atoms with Gasteiger partial charge in [0.15, 0.2) is 0 Å². The van der Waals surface area contributed by atoms with Crippen LogP contribution in [0.15, 0.2) is 12.4 Å². The molecule has 0 saturated carbocycles. The van der Waals surface area contributed by atoms with Gasteiger partial charge in [-0.05, 0) is 27.7 Å². The second-order valence-corrected chi connectivity index (χ2v) is 6.89. The molecule has 0 N–H and O–H groups in total. The van der Waals surface area contributed by atoms with Gasteiger partial charge in [0.05, 0.1) is 12.4 Å². The molecule has 1 aromatic heterocycles. The zero-order chi connectivity index (χ0) is 17.2. The van der Waals surface area contributed by atoms with E-state index >= 15 is 0 Å². The maximum absolute atomic E-state index is 12.4. The average molecular weight is 341 g/mol. The number of halogens is 1. The Kier molecular flexibility index (Phi) is 5.09. The number of amides is 2. The third kappa shape index (κ3) is 4.54. The molecule has 0 spiro atoms. The molecule has 23 heavy (non-hydrogen) atoms. The maximum Gasteiger partial charge on any atom is 0.410 e. The zero-order valence-electron chi connectivity index (χ0n) is 13.7. The molecular formula is C15H21ClN4O3. The van der Waals surface area contributed by atoms with Gasteiger partial charge in [-0.3, -0.25) is 4.79 Å². The van der Waals surface area contributed by atoms with Crippen molar-refractivity contribution in [3.05, 3.63) is 23.2 Å². The Bertz CT molecular complexity index is 585. The largest absolute Gasteiger partial charge is 0.444 e. The van der Waals surface area contributed by atoms with Gasteiger partial charge < -0.3 is 14.5 Å². The van der Waals surface area contributed by atoms with Crippen LogP contribution < -0.4 is 0 Å². The fourth-order valence-corrected chi connectivity index (χ4v) is 2.42. The first-order valence-electron chi connectivity index (χ1n) is 7.44. The molecule has 8 heteroatoms. The van der Waals surface area contributed by atoms with Crippen LogP contribution >= 0.6 is 11.6 Å². The van der Waals surface area contributed by atoms with Crippen LogP contribution in [0.4, 0.5) is 4.79 Å². The van der Waals surface area contributed by atoms with Gasteiger partial charge in [0.1, 0.15) is 16.4 Å². The molecule has 0 aromatic carbocycles. The van der Waals surface area contributed by atoms with E-state index in [0.717, 1.165) is 0 Å². The first kappa shape index (κ1) is 17.5. The van der Waals surface area contributed by atoms with E-state index in [1.807, 2.05) is 27.7 Å². The summed E-state index contributed by atoms with van der Waals surface area (Å²) in [6.45, 7) is 8.63. The van der Waals surface area contributed by atoms with E-state index < -0.39 is 5.60 Å². The number of piperazine rings is 1. The lowest BCUT2D eigenvalue weighted by Gasteiger charge is -2.40. The van der Waals surface area contributed by atoms with E-state index in [1.165, 1.54) is 12.4 Å². The molecule has 0 radical (unpaired) electrons. The maximum atomic E-state index is 12.4. The Morgan fingerprint density at radius 3 is 2.48 bits per heavy atom. The molecule has 1 aromatic rings. The molecule has 1 aliphatic rings. The lowest BCUT2D eigenvalue weighted by molar-refractivity contribution is 0.00189. The number of aromatic nitrogens is 2. The van der Waals surface area contributed by atoms with E-state index in [1.54, 1.807) is 9.80 Å². The lowest BCUT2D eigenvalue weighted by atomic mass is 10.2. The van der Waals surface area contributed by atoms with Crippen molar-refractivity contribution in [3.8, 4) is 0 Å². The van der Waals surface area contributed by atoms with Crippen LogP contribution in [0.25, 0.3) is 0 Å². The highest BCUT2D eigenvalue weighted by atomic mass is 35.5. The van der Waals surface area contributed by atoms with Crippen LogP contribution in [0, 0.1) is 0 Å². The summed E-state index contributed by atoms with van der Waals surface area (Å²) in [6.07, 6.45) is 2.34. The molecule has 1 unspecified atom stereocenters. The smallest absolute Gasteiger partial charge is 0.410 e. The summed E-state index contributed by atoms with van der Waals surface area (Å²) in [6, 6.07) is -0.136. The van der Waals surface area contributed by atoms with Crippen molar-refractivity contribution in [2.45, 2.75) is 39.3 Å². The SMILES string of the molecule is CC1CN(C(=O)c2cnc(Cl)cn2)CCN1C(=O)OC(C)(C)C. The van der Waals surface area contributed by atoms with Gasteiger partial charge in [-0.15, -0.1) is 0 Å². The average Bonchev–Trinajstić information content (AvgIpc) is 2.45. The molecule has 1 aliphatic heterocycles. The number of ether oxygens (including phenoxy) is 1. The summed E-state index contributed by atoms with van der Waals surface area (Å²) in [5.41, 5.74) is -0.296. The second kappa shape index (κ2) is 6.70. The summed E-state index contributed by atoms with van der Waals surface area (Å²) in [5, 5.41) is 0.240. The van der Waals surface area contributed by atoms with E-state index in [9.17, 15) is 9.59 Å². The fourth-order valence-electron chi connectivity index (χ4n) is 2.32. The number of nitrogens with zero attached hydrogens (tertiary/aromatic N) is 4. The van der Waals surface area contributed by atoms with Crippen LogP contribution in [0.2, 0.25) is 5.15 Å². The minimum Gasteiger partial charge on any atom is -0.444 e. The number of carbonyl (C=O) groups is 2. The fraction of sp³-hybridized carbons (Fsp3) is 0.600. The van der Waals surface area contributed by atoms with Gasteiger partial charge in [-0.25, -0.2) is 14.8 Å². The van der Waals surface area contributed by atoms with Crippen molar-refractivity contribution in [2.75, 3.05) is 19.6 Å². The van der Waals surface area contributed by atoms with Crippen molar-refractivity contribution in [1.29, 1.82) is 0 Å². The van der Waals surface area contributed by atoms with Crippen molar-refractivity contribution in [3.63, 3.8) is 0 Å². The predicted octanol–water partition coefficient (Wildman–Crippen LogP) is 2.21. The first-order valence-corrected chi connectivity index (χ1v) is 7.81. The minimum atomic E-state index is -0.539. The zero-order valence-corrected chi connectivity index (χ0v) is 14.5. The predicted molar refractivity (Wildman–Crippen MR) is 85.3 cm³/mol. The topological polar surface area (TPSA) is 75.6 Å². The van der Waals surface area contributed by atoms with E-state index in [2.05, 4.69) is 9.97 Å². The van der Waals surface area contributed by atoms with Crippen LogP contribution in [0.3, 0.4) is 0 Å². The summed E-state index contributed by atoms with van der Waals surface area (Å²) in [4.78, 5) is 35.7. The minimum absolute atomic E-state index is 0.136. The number of hydrogen-bond acceptors (Lipinski definition) is 5. The van der Waals surface area contributed by atoms with Gasteiger partial charge in [0.2, 0.25) is 0 Å². The van der Waals surface area contributed by atoms with Crippen LogP contribution in [-0.2, 0) is 4.74 Å². The molecule has 7 nitrogen and oxygen atoms in total. The third-order valence-corrected chi connectivity index (χ3v) is 3.58. The number of hydrogen-bond donors (Lipinski definition) is 0. The lowest BCUT2D eigenvalue weighted by Crippen LogP contribution is -2.56. The number of carbonyl (C=O) groups excluding carboxylic acids is 2. The van der Waals surface area contributed by atoms with E-state index in [4.69, 9.17) is 16.3 Å². The van der Waals surface area contributed by atoms with Gasteiger partial charge in [0, 0.05) is 25.7 Å². The Balaban J connectivity index is 1.99. The first-order chi connectivity index (χ1) is 10.7. The summed E-state index contributed by atoms with van der Waals surface area (Å²) >= 11 is 5.68. The van der Waals surface area contributed by atoms with Crippen molar-refractivity contribution in [1.82, 2.24) is 19.8 Å². The standard InChI is InChI=1S/C15H21ClN4O3/c1-10-9-19(13(21)11-7-18-12(16)8-17-11)5-6-20(10)14(22)23-15(2,3)4/h7-8,10H,5-6,9H2,1-4H3. The van der Waals surface area contributed by atoms with Crippen LogP contribution in [0.1, 0.15) is 38.2 Å². The molecule has 2 amide bonds. The Morgan fingerprint density at radius 1 is 1.26 bits per heavy atom. The van der Waals surface area contributed by atoms with Crippen molar-refractivity contribution >= 4 is 23.6 Å². The highest BCUT2D eigenvalue weighted by molar-refractivity contribution is 6.29. The van der Waals surface area contributed by atoms with Gasteiger partial charge in [0.25, 0.3) is 5.91 Å². The monoisotopic (exact) mass is 340 g/mol. The molecule has 0 bridgehead atoms. The molecular weight excluding hydrogens is 320 g/mol. The molecule has 2 heterocycles. The summed E-state index contributed by atoms with van der Waals surface area (Å²) in [5.74, 6) is -0.218. The van der Waals surface area contributed by atoms with Crippen LogP contribution in [-0.4, -0.2) is 63.0 Å². The molecule has 0 aliphatic carbocycles. The van der Waals surface area contributed by atoms with E-state index in [-0.39, 0.29) is 28.9 Å². The quantitative estimate of drug-likeness (QED) is 0.783. The van der Waals surface area contributed by atoms with Gasteiger partial charge >= 0.3 is 6.09 Å². The van der Waals surface area contributed by atoms with Gasteiger partial charge in [-0.2, -0.15) is 0 Å². The third-order valence-electron chi connectivity index (χ3n) is 3.38. The van der Waals surface area contributed by atoms with Gasteiger partial charge in [-0.1, -0.05) is 11.6 Å². The summed E-state index contributed by atoms with van der Waals surface area (Å²) in [7, 11) is 0. The second-order valence-electron chi connectivity index (χ2n) is 6.50. The molecule has 1 atom stereocenters. The normalized spacial score (nSPS) is 18.7. The molecule has 2 rings (SSSR count). The Morgan fingerprint density at radius 2 is 1.96 bits per heavy atom. The Labute approximate surface area is 140 Å².